The second-order valence-corrected chi connectivity index (χ2v) is 3.97. The van der Waals surface area contributed by atoms with Gasteiger partial charge < -0.3 is 5.32 Å². The molecular weight excluding hydrogens is 194 g/mol. The van der Waals surface area contributed by atoms with Gasteiger partial charge in [-0.1, -0.05) is 43.7 Å². The van der Waals surface area contributed by atoms with Crippen molar-refractivity contribution in [2.75, 3.05) is 6.54 Å². The van der Waals surface area contributed by atoms with E-state index in [1.807, 2.05) is 0 Å². The van der Waals surface area contributed by atoms with Gasteiger partial charge in [0, 0.05) is 12.5 Å². The molecule has 0 bridgehead atoms. The third kappa shape index (κ3) is 4.51. The molecule has 16 heavy (non-hydrogen) atoms. The van der Waals surface area contributed by atoms with E-state index in [0.29, 0.717) is 6.04 Å². The smallest absolute Gasteiger partial charge is 0.0320 e. The topological polar surface area (TPSA) is 12.0 Å². The van der Waals surface area contributed by atoms with Crippen LogP contribution in [0, 0.1) is 12.3 Å². The Hall–Kier alpha value is -1.26. The maximum absolute atomic E-state index is 5.25. The first-order valence-electron chi connectivity index (χ1n) is 6.10. The molecule has 0 aliphatic carbocycles. The van der Waals surface area contributed by atoms with Crippen molar-refractivity contribution in [1.29, 1.82) is 0 Å². The molecule has 86 valence electrons. The highest BCUT2D eigenvalue weighted by atomic mass is 14.9. The van der Waals surface area contributed by atoms with E-state index in [1.165, 1.54) is 18.4 Å². The Morgan fingerprint density at radius 2 is 2.00 bits per heavy atom. The lowest BCUT2D eigenvalue weighted by molar-refractivity contribution is 0.490. The van der Waals surface area contributed by atoms with Gasteiger partial charge in [0.2, 0.25) is 0 Å². The lowest BCUT2D eigenvalue weighted by Gasteiger charge is -2.18. The maximum atomic E-state index is 5.25. The highest BCUT2D eigenvalue weighted by molar-refractivity contribution is 5.18. The number of benzene rings is 1. The minimum atomic E-state index is 0.476. The van der Waals surface area contributed by atoms with E-state index >= 15 is 0 Å². The number of nitrogens with one attached hydrogen (secondary N) is 1. The molecule has 1 atom stereocenters. The van der Waals surface area contributed by atoms with Crippen molar-refractivity contribution in [3.8, 4) is 12.3 Å². The Morgan fingerprint density at radius 1 is 1.25 bits per heavy atom. The van der Waals surface area contributed by atoms with Gasteiger partial charge in [0.15, 0.2) is 0 Å². The first kappa shape index (κ1) is 12.8. The lowest BCUT2D eigenvalue weighted by Crippen LogP contribution is -2.20. The number of terminal acetylenes is 1. The third-order valence-electron chi connectivity index (χ3n) is 2.72. The molecule has 0 heterocycles. The summed E-state index contributed by atoms with van der Waals surface area (Å²) >= 11 is 0. The molecule has 1 aromatic carbocycles. The summed E-state index contributed by atoms with van der Waals surface area (Å²) in [6.45, 7) is 3.16. The Labute approximate surface area is 99.3 Å². The maximum Gasteiger partial charge on any atom is 0.0320 e. The molecule has 0 fully saturated rings. The van der Waals surface area contributed by atoms with Gasteiger partial charge in [-0.15, -0.1) is 12.3 Å². The Kier molecular flexibility index (Phi) is 6.37. The summed E-state index contributed by atoms with van der Waals surface area (Å²) in [7, 11) is 0. The van der Waals surface area contributed by atoms with Gasteiger partial charge in [-0.2, -0.15) is 0 Å². The molecular formula is C15H21N. The SMILES string of the molecule is C#CCCCCC(NCC)c1ccccc1. The van der Waals surface area contributed by atoms with E-state index in [9.17, 15) is 0 Å². The zero-order chi connectivity index (χ0) is 11.6. The Balaban J connectivity index is 2.45. The molecule has 0 aromatic heterocycles. The van der Waals surface area contributed by atoms with E-state index in [-0.39, 0.29) is 0 Å². The predicted molar refractivity (Wildman–Crippen MR) is 70.2 cm³/mol. The molecule has 1 rings (SSSR count). The minimum Gasteiger partial charge on any atom is -0.310 e. The summed E-state index contributed by atoms with van der Waals surface area (Å²) in [5, 5.41) is 3.52. The van der Waals surface area contributed by atoms with E-state index in [0.717, 1.165) is 19.4 Å². The molecule has 0 spiro atoms. The predicted octanol–water partition coefficient (Wildman–Crippen LogP) is 3.53. The van der Waals surface area contributed by atoms with Crippen LogP contribution in [0.3, 0.4) is 0 Å². The Bertz CT molecular complexity index is 310. The standard InChI is InChI=1S/C15H21N/c1-3-5-6-10-13-15(16-4-2)14-11-8-7-9-12-14/h1,7-9,11-12,15-16H,4-6,10,13H2,2H3. The number of hydrogen-bond donors (Lipinski definition) is 1. The van der Waals surface area contributed by atoms with Crippen LogP contribution in [0.15, 0.2) is 30.3 Å². The van der Waals surface area contributed by atoms with Gasteiger partial charge in [-0.05, 0) is 24.9 Å². The lowest BCUT2D eigenvalue weighted by atomic mass is 10.0. The number of unbranched alkanes of at least 4 members (excludes halogenated alkanes) is 2. The van der Waals surface area contributed by atoms with Crippen LogP contribution in [0.5, 0.6) is 0 Å². The van der Waals surface area contributed by atoms with Gasteiger partial charge in [0.05, 0.1) is 0 Å². The van der Waals surface area contributed by atoms with E-state index in [4.69, 9.17) is 6.42 Å². The summed E-state index contributed by atoms with van der Waals surface area (Å²) in [5.41, 5.74) is 1.38. The highest BCUT2D eigenvalue weighted by Crippen LogP contribution is 2.19. The normalized spacial score (nSPS) is 12.0. The van der Waals surface area contributed by atoms with Crippen molar-refractivity contribution in [3.63, 3.8) is 0 Å². The van der Waals surface area contributed by atoms with Crippen LogP contribution in [0.4, 0.5) is 0 Å². The Morgan fingerprint density at radius 3 is 2.62 bits per heavy atom. The molecule has 0 amide bonds. The summed E-state index contributed by atoms with van der Waals surface area (Å²) in [5.74, 6) is 2.69. The summed E-state index contributed by atoms with van der Waals surface area (Å²) in [4.78, 5) is 0. The number of rotatable bonds is 7. The van der Waals surface area contributed by atoms with E-state index in [2.05, 4.69) is 48.5 Å². The van der Waals surface area contributed by atoms with Crippen LogP contribution in [0.1, 0.15) is 44.2 Å². The quantitative estimate of drug-likeness (QED) is 0.542. The van der Waals surface area contributed by atoms with Crippen LogP contribution >= 0.6 is 0 Å². The zero-order valence-electron chi connectivity index (χ0n) is 10.1. The highest BCUT2D eigenvalue weighted by Gasteiger charge is 2.08. The average molecular weight is 215 g/mol. The molecule has 1 aromatic rings. The van der Waals surface area contributed by atoms with Crippen molar-refractivity contribution in [1.82, 2.24) is 5.32 Å². The van der Waals surface area contributed by atoms with Gasteiger partial charge in [0.25, 0.3) is 0 Å². The van der Waals surface area contributed by atoms with Gasteiger partial charge >= 0.3 is 0 Å². The molecule has 0 saturated carbocycles. The van der Waals surface area contributed by atoms with Gasteiger partial charge in [0.1, 0.15) is 0 Å². The second-order valence-electron chi connectivity index (χ2n) is 3.97. The van der Waals surface area contributed by atoms with Gasteiger partial charge in [-0.3, -0.25) is 0 Å². The molecule has 1 N–H and O–H groups in total. The molecule has 1 unspecified atom stereocenters. The van der Waals surface area contributed by atoms with Crippen LogP contribution in [-0.4, -0.2) is 6.54 Å². The average Bonchev–Trinajstić information content (AvgIpc) is 2.34. The molecule has 1 heteroatoms. The van der Waals surface area contributed by atoms with E-state index in [1.54, 1.807) is 0 Å². The fourth-order valence-corrected chi connectivity index (χ4v) is 1.89. The first-order valence-corrected chi connectivity index (χ1v) is 6.10. The second kappa shape index (κ2) is 7.96. The fourth-order valence-electron chi connectivity index (χ4n) is 1.89. The summed E-state index contributed by atoms with van der Waals surface area (Å²) < 4.78 is 0. The minimum absolute atomic E-state index is 0.476. The van der Waals surface area contributed by atoms with Crippen molar-refractivity contribution < 1.29 is 0 Å². The van der Waals surface area contributed by atoms with Crippen LogP contribution in [0.25, 0.3) is 0 Å². The van der Waals surface area contributed by atoms with Crippen LogP contribution in [0.2, 0.25) is 0 Å². The first-order chi connectivity index (χ1) is 7.88. The molecule has 1 nitrogen and oxygen atoms in total. The molecule has 0 aliphatic heterocycles. The largest absolute Gasteiger partial charge is 0.310 e. The van der Waals surface area contributed by atoms with Crippen molar-refractivity contribution >= 4 is 0 Å². The van der Waals surface area contributed by atoms with Crippen molar-refractivity contribution in [3.05, 3.63) is 35.9 Å². The number of hydrogen-bond acceptors (Lipinski definition) is 1. The summed E-state index contributed by atoms with van der Waals surface area (Å²) in [6.07, 6.45) is 9.63. The van der Waals surface area contributed by atoms with Crippen molar-refractivity contribution in [2.24, 2.45) is 0 Å². The summed E-state index contributed by atoms with van der Waals surface area (Å²) in [6, 6.07) is 11.1. The monoisotopic (exact) mass is 215 g/mol. The zero-order valence-corrected chi connectivity index (χ0v) is 10.1. The van der Waals surface area contributed by atoms with E-state index < -0.39 is 0 Å². The fraction of sp³-hybridized carbons (Fsp3) is 0.467. The molecule has 0 saturated heterocycles. The van der Waals surface area contributed by atoms with Crippen LogP contribution < -0.4 is 5.32 Å². The van der Waals surface area contributed by atoms with Crippen LogP contribution in [-0.2, 0) is 0 Å². The van der Waals surface area contributed by atoms with Gasteiger partial charge in [-0.25, -0.2) is 0 Å². The third-order valence-corrected chi connectivity index (χ3v) is 2.72. The molecule has 0 aliphatic rings. The molecule has 0 radical (unpaired) electrons. The van der Waals surface area contributed by atoms with Crippen molar-refractivity contribution in [2.45, 2.75) is 38.6 Å².